The number of nitriles is 1. The summed E-state index contributed by atoms with van der Waals surface area (Å²) in [4.78, 5) is 11.1. The van der Waals surface area contributed by atoms with E-state index in [1.165, 1.54) is 11.6 Å². The lowest BCUT2D eigenvalue weighted by atomic mass is 10.1. The molecule has 0 saturated heterocycles. The number of carbonyl (C=O) groups is 1. The van der Waals surface area contributed by atoms with Crippen LogP contribution in [0.4, 0.5) is 0 Å². The molecule has 2 aromatic carbocycles. The molecule has 22 heavy (non-hydrogen) atoms. The zero-order valence-electron chi connectivity index (χ0n) is 12.2. The molecule has 0 radical (unpaired) electrons. The Morgan fingerprint density at radius 1 is 1.23 bits per heavy atom. The van der Waals surface area contributed by atoms with Gasteiger partial charge in [-0.3, -0.25) is 4.79 Å². The van der Waals surface area contributed by atoms with Gasteiger partial charge in [0, 0.05) is 5.56 Å². The second-order valence-corrected chi connectivity index (χ2v) is 4.85. The second kappa shape index (κ2) is 7.09. The Hall–Kier alpha value is -3.06. The maximum atomic E-state index is 11.1. The van der Waals surface area contributed by atoms with Gasteiger partial charge in [-0.05, 0) is 24.6 Å². The summed E-state index contributed by atoms with van der Waals surface area (Å²) in [6.45, 7) is 2.43. The summed E-state index contributed by atoms with van der Waals surface area (Å²) >= 11 is 0. The first-order valence-electron chi connectivity index (χ1n) is 6.79. The standard InChI is InChI=1S/C18H16N2O2/c1-13-6-8-14(9-7-13)12-22-17-5-3-2-4-15(17)10-16(11-19)18(20)21/h2-10H,12H2,1H3,(H2,20,21)/b16-10+. The Morgan fingerprint density at radius 3 is 2.55 bits per heavy atom. The number of hydrogen-bond donors (Lipinski definition) is 1. The maximum absolute atomic E-state index is 11.1. The van der Waals surface area contributed by atoms with Gasteiger partial charge in [0.1, 0.15) is 24.0 Å². The fourth-order valence-electron chi connectivity index (χ4n) is 1.89. The van der Waals surface area contributed by atoms with Crippen molar-refractivity contribution in [1.82, 2.24) is 0 Å². The molecule has 0 saturated carbocycles. The van der Waals surface area contributed by atoms with Crippen molar-refractivity contribution in [2.24, 2.45) is 5.73 Å². The Balaban J connectivity index is 2.20. The highest BCUT2D eigenvalue weighted by Gasteiger charge is 2.07. The Bertz CT molecular complexity index is 740. The summed E-state index contributed by atoms with van der Waals surface area (Å²) in [7, 11) is 0. The van der Waals surface area contributed by atoms with Crippen LogP contribution in [0, 0.1) is 18.3 Å². The molecule has 0 bridgehead atoms. The predicted octanol–water partition coefficient (Wildman–Crippen LogP) is 2.97. The van der Waals surface area contributed by atoms with Crippen molar-refractivity contribution in [1.29, 1.82) is 5.26 Å². The first-order chi connectivity index (χ1) is 10.6. The smallest absolute Gasteiger partial charge is 0.259 e. The minimum Gasteiger partial charge on any atom is -0.488 e. The predicted molar refractivity (Wildman–Crippen MR) is 84.7 cm³/mol. The molecular weight excluding hydrogens is 276 g/mol. The van der Waals surface area contributed by atoms with Gasteiger partial charge in [-0.25, -0.2) is 0 Å². The number of nitrogens with two attached hydrogens (primary N) is 1. The van der Waals surface area contributed by atoms with Crippen LogP contribution in [-0.4, -0.2) is 5.91 Å². The van der Waals surface area contributed by atoms with E-state index in [0.717, 1.165) is 5.56 Å². The molecule has 0 heterocycles. The fourth-order valence-corrected chi connectivity index (χ4v) is 1.89. The molecule has 0 aromatic heterocycles. The highest BCUT2D eigenvalue weighted by molar-refractivity contribution is 6.00. The van der Waals surface area contributed by atoms with Crippen LogP contribution >= 0.6 is 0 Å². The summed E-state index contributed by atoms with van der Waals surface area (Å²) in [5, 5.41) is 8.92. The van der Waals surface area contributed by atoms with E-state index < -0.39 is 5.91 Å². The lowest BCUT2D eigenvalue weighted by Crippen LogP contribution is -2.12. The van der Waals surface area contributed by atoms with Crippen molar-refractivity contribution in [3.63, 3.8) is 0 Å². The number of aryl methyl sites for hydroxylation is 1. The second-order valence-electron chi connectivity index (χ2n) is 4.85. The summed E-state index contributed by atoms with van der Waals surface area (Å²) in [6.07, 6.45) is 1.44. The molecule has 4 heteroatoms. The summed E-state index contributed by atoms with van der Waals surface area (Å²) in [5.41, 5.74) is 7.92. The van der Waals surface area contributed by atoms with Crippen LogP contribution in [0.5, 0.6) is 5.75 Å². The van der Waals surface area contributed by atoms with E-state index >= 15 is 0 Å². The van der Waals surface area contributed by atoms with Crippen LogP contribution in [0.1, 0.15) is 16.7 Å². The van der Waals surface area contributed by atoms with E-state index in [-0.39, 0.29) is 5.57 Å². The number of hydrogen-bond acceptors (Lipinski definition) is 3. The highest BCUT2D eigenvalue weighted by Crippen LogP contribution is 2.22. The van der Waals surface area contributed by atoms with Crippen LogP contribution in [0.25, 0.3) is 6.08 Å². The van der Waals surface area contributed by atoms with E-state index in [0.29, 0.717) is 17.9 Å². The number of para-hydroxylation sites is 1. The maximum Gasteiger partial charge on any atom is 0.259 e. The van der Waals surface area contributed by atoms with Gasteiger partial charge in [0.25, 0.3) is 5.91 Å². The van der Waals surface area contributed by atoms with Crippen molar-refractivity contribution in [2.75, 3.05) is 0 Å². The first-order valence-corrected chi connectivity index (χ1v) is 6.79. The van der Waals surface area contributed by atoms with Crippen LogP contribution in [-0.2, 0) is 11.4 Å². The van der Waals surface area contributed by atoms with Gasteiger partial charge in [0.2, 0.25) is 0 Å². The van der Waals surface area contributed by atoms with Gasteiger partial charge in [-0.15, -0.1) is 0 Å². The van der Waals surface area contributed by atoms with E-state index in [9.17, 15) is 4.79 Å². The molecule has 2 aromatic rings. The quantitative estimate of drug-likeness (QED) is 0.680. The molecule has 0 atom stereocenters. The van der Waals surface area contributed by atoms with Gasteiger partial charge >= 0.3 is 0 Å². The van der Waals surface area contributed by atoms with Crippen LogP contribution < -0.4 is 10.5 Å². The molecule has 110 valence electrons. The third kappa shape index (κ3) is 3.97. The van der Waals surface area contributed by atoms with Crippen molar-refractivity contribution in [3.8, 4) is 11.8 Å². The minimum atomic E-state index is -0.754. The molecule has 2 N–H and O–H groups in total. The fraction of sp³-hybridized carbons (Fsp3) is 0.111. The zero-order chi connectivity index (χ0) is 15.9. The van der Waals surface area contributed by atoms with Gasteiger partial charge in [0.05, 0.1) is 0 Å². The molecule has 0 aliphatic carbocycles. The van der Waals surface area contributed by atoms with E-state index in [2.05, 4.69) is 0 Å². The Morgan fingerprint density at radius 2 is 1.91 bits per heavy atom. The number of benzene rings is 2. The molecule has 0 fully saturated rings. The molecule has 4 nitrogen and oxygen atoms in total. The number of nitrogens with zero attached hydrogens (tertiary/aromatic N) is 1. The zero-order valence-corrected chi connectivity index (χ0v) is 12.2. The third-order valence-electron chi connectivity index (χ3n) is 3.12. The van der Waals surface area contributed by atoms with Crippen LogP contribution in [0.3, 0.4) is 0 Å². The molecule has 0 spiro atoms. The number of rotatable bonds is 5. The Kier molecular flexibility index (Phi) is 4.94. The summed E-state index contributed by atoms with van der Waals surface area (Å²) < 4.78 is 5.78. The van der Waals surface area contributed by atoms with Crippen molar-refractivity contribution >= 4 is 12.0 Å². The van der Waals surface area contributed by atoms with Gasteiger partial charge in [-0.2, -0.15) is 5.26 Å². The van der Waals surface area contributed by atoms with E-state index in [4.69, 9.17) is 15.7 Å². The van der Waals surface area contributed by atoms with Crippen LogP contribution in [0.15, 0.2) is 54.1 Å². The lowest BCUT2D eigenvalue weighted by molar-refractivity contribution is -0.114. The topological polar surface area (TPSA) is 76.1 Å². The molecular formula is C18H16N2O2. The van der Waals surface area contributed by atoms with E-state index in [1.807, 2.05) is 37.3 Å². The van der Waals surface area contributed by atoms with Crippen LogP contribution in [0.2, 0.25) is 0 Å². The van der Waals surface area contributed by atoms with Gasteiger partial charge < -0.3 is 10.5 Å². The molecule has 0 aliphatic rings. The number of primary amides is 1. The number of amides is 1. The first kappa shape index (κ1) is 15.3. The minimum absolute atomic E-state index is 0.105. The average Bonchev–Trinajstić information content (AvgIpc) is 2.52. The number of ether oxygens (including phenoxy) is 1. The number of carbonyl (C=O) groups excluding carboxylic acids is 1. The van der Waals surface area contributed by atoms with Gasteiger partial charge in [0.15, 0.2) is 0 Å². The monoisotopic (exact) mass is 292 g/mol. The average molecular weight is 292 g/mol. The molecule has 0 unspecified atom stereocenters. The van der Waals surface area contributed by atoms with Crippen molar-refractivity contribution in [2.45, 2.75) is 13.5 Å². The third-order valence-corrected chi connectivity index (χ3v) is 3.12. The normalized spacial score (nSPS) is 10.8. The van der Waals surface area contributed by atoms with E-state index in [1.54, 1.807) is 24.3 Å². The Labute approximate surface area is 129 Å². The molecule has 2 rings (SSSR count). The highest BCUT2D eigenvalue weighted by atomic mass is 16.5. The summed E-state index contributed by atoms with van der Waals surface area (Å²) in [6, 6.07) is 17.0. The van der Waals surface area contributed by atoms with Crippen molar-refractivity contribution in [3.05, 3.63) is 70.8 Å². The van der Waals surface area contributed by atoms with Crippen molar-refractivity contribution < 1.29 is 9.53 Å². The molecule has 1 amide bonds. The van der Waals surface area contributed by atoms with Gasteiger partial charge in [-0.1, -0.05) is 48.0 Å². The largest absolute Gasteiger partial charge is 0.488 e. The molecule has 0 aliphatic heterocycles. The summed E-state index contributed by atoms with van der Waals surface area (Å²) in [5.74, 6) is -0.159. The SMILES string of the molecule is Cc1ccc(COc2ccccc2/C=C(\C#N)C(N)=O)cc1. The lowest BCUT2D eigenvalue weighted by Gasteiger charge is -2.09.